The fourth-order valence-electron chi connectivity index (χ4n) is 7.37. The van der Waals surface area contributed by atoms with E-state index < -0.39 is 0 Å². The van der Waals surface area contributed by atoms with E-state index in [0.717, 1.165) is 111 Å². The quantitative estimate of drug-likeness (QED) is 0.0900. The number of hydrogen-bond acceptors (Lipinski definition) is 6. The summed E-state index contributed by atoms with van der Waals surface area (Å²) in [5.41, 5.74) is 5.32. The molecule has 0 aliphatic heterocycles. The van der Waals surface area contributed by atoms with Gasteiger partial charge in [0.25, 0.3) is 0 Å². The molecule has 7 aromatic rings. The van der Waals surface area contributed by atoms with Crippen molar-refractivity contribution in [3.63, 3.8) is 0 Å². The van der Waals surface area contributed by atoms with Crippen molar-refractivity contribution in [2.24, 2.45) is 0 Å². The normalized spacial score (nSPS) is 11.7. The number of ether oxygens (including phenoxy) is 4. The predicted molar refractivity (Wildman–Crippen MR) is 235 cm³/mol. The van der Waals surface area contributed by atoms with Crippen LogP contribution in [-0.2, 0) is 22.3 Å². The second kappa shape index (κ2) is 17.1. The Kier molecular flexibility index (Phi) is 11.9. The first-order chi connectivity index (χ1) is 27.2. The van der Waals surface area contributed by atoms with Gasteiger partial charge in [-0.1, -0.05) is 72.8 Å². The summed E-state index contributed by atoms with van der Waals surface area (Å²) in [5.74, 6) is 0.895. The van der Waals surface area contributed by atoms with Crippen molar-refractivity contribution in [3.8, 4) is 11.5 Å². The first-order valence-electron chi connectivity index (χ1n) is 18.3. The zero-order chi connectivity index (χ0) is 39.3. The Balaban J connectivity index is 1.06. The molecule has 0 bridgehead atoms. The zero-order valence-electron chi connectivity index (χ0n) is 31.6. The molecule has 7 aromatic carbocycles. The Hall–Kier alpha value is -5.44. The molecule has 0 saturated carbocycles. The molecule has 0 fully saturated rings. The molecule has 0 heterocycles. The zero-order valence-corrected chi connectivity index (χ0v) is 34.8. The number of esters is 2. The topological polar surface area (TPSA) is 71.1 Å². The van der Waals surface area contributed by atoms with Gasteiger partial charge in [-0.3, -0.25) is 0 Å². The molecular formula is C48H40Br2O6. The summed E-state index contributed by atoms with van der Waals surface area (Å²) < 4.78 is 23.8. The van der Waals surface area contributed by atoms with E-state index >= 15 is 0 Å². The molecule has 0 radical (unpaired) electrons. The van der Waals surface area contributed by atoms with Crippen LogP contribution in [0, 0.1) is 0 Å². The lowest BCUT2D eigenvalue weighted by atomic mass is 9.98. The maximum atomic E-state index is 12.4. The number of fused-ring (bicyclic) bond motifs is 4. The van der Waals surface area contributed by atoms with Gasteiger partial charge < -0.3 is 18.9 Å². The van der Waals surface area contributed by atoms with Crippen LogP contribution in [0.4, 0.5) is 0 Å². The smallest absolute Gasteiger partial charge is 0.338 e. The van der Waals surface area contributed by atoms with Crippen molar-refractivity contribution in [1.82, 2.24) is 0 Å². The van der Waals surface area contributed by atoms with Gasteiger partial charge >= 0.3 is 11.9 Å². The fourth-order valence-corrected chi connectivity index (χ4v) is 8.93. The van der Waals surface area contributed by atoms with E-state index in [-0.39, 0.29) is 11.9 Å². The van der Waals surface area contributed by atoms with E-state index in [4.69, 9.17) is 18.9 Å². The van der Waals surface area contributed by atoms with Crippen molar-refractivity contribution < 1.29 is 28.5 Å². The molecule has 0 spiro atoms. The van der Waals surface area contributed by atoms with Gasteiger partial charge in [-0.25, -0.2) is 9.59 Å². The Morgan fingerprint density at radius 2 is 0.946 bits per heavy atom. The SMILES string of the molecule is COC(=O)c1cccc2cc3ccc(/C=C/CCc4c(Br)c(OC)c(CC/C=C/c5ccc6cc7cccc(C(=O)OC)c7cc6c5)c(Br)c4OC)cc3cc12. The van der Waals surface area contributed by atoms with Gasteiger partial charge in [0.1, 0.15) is 11.5 Å². The van der Waals surface area contributed by atoms with Gasteiger partial charge in [-0.2, -0.15) is 0 Å². The van der Waals surface area contributed by atoms with Crippen LogP contribution in [0.1, 0.15) is 55.8 Å². The van der Waals surface area contributed by atoms with Crippen LogP contribution >= 0.6 is 31.9 Å². The molecule has 0 saturated heterocycles. The summed E-state index contributed by atoms with van der Waals surface area (Å²) in [6.45, 7) is 0. The van der Waals surface area contributed by atoms with Crippen LogP contribution in [0.15, 0.2) is 118 Å². The highest BCUT2D eigenvalue weighted by molar-refractivity contribution is 9.11. The van der Waals surface area contributed by atoms with Crippen molar-refractivity contribution in [3.05, 3.63) is 152 Å². The largest absolute Gasteiger partial charge is 0.495 e. The molecule has 56 heavy (non-hydrogen) atoms. The highest BCUT2D eigenvalue weighted by Crippen LogP contribution is 2.46. The van der Waals surface area contributed by atoms with Crippen molar-refractivity contribution in [2.75, 3.05) is 28.4 Å². The van der Waals surface area contributed by atoms with Crippen molar-refractivity contribution in [2.45, 2.75) is 25.7 Å². The number of methoxy groups -OCH3 is 4. The van der Waals surface area contributed by atoms with Gasteiger partial charge in [0.05, 0.1) is 48.5 Å². The van der Waals surface area contributed by atoms with Gasteiger partial charge in [-0.15, -0.1) is 0 Å². The molecule has 0 aromatic heterocycles. The number of rotatable bonds is 12. The van der Waals surface area contributed by atoms with Crippen LogP contribution in [0.5, 0.6) is 11.5 Å². The Bertz CT molecular complexity index is 2530. The van der Waals surface area contributed by atoms with Crippen LogP contribution in [0.2, 0.25) is 0 Å². The minimum absolute atomic E-state index is 0.341. The van der Waals surface area contributed by atoms with Gasteiger partial charge in [-0.05, 0) is 160 Å². The highest BCUT2D eigenvalue weighted by Gasteiger charge is 2.22. The summed E-state index contributed by atoms with van der Waals surface area (Å²) in [4.78, 5) is 24.8. The third kappa shape index (κ3) is 7.81. The highest BCUT2D eigenvalue weighted by atomic mass is 79.9. The monoisotopic (exact) mass is 870 g/mol. The van der Waals surface area contributed by atoms with E-state index in [9.17, 15) is 9.59 Å². The molecule has 0 amide bonds. The van der Waals surface area contributed by atoms with Gasteiger partial charge in [0.15, 0.2) is 0 Å². The van der Waals surface area contributed by atoms with Gasteiger partial charge in [0.2, 0.25) is 0 Å². The van der Waals surface area contributed by atoms with Crippen molar-refractivity contribution in [1.29, 1.82) is 0 Å². The van der Waals surface area contributed by atoms with E-state index in [2.05, 4.69) is 117 Å². The number of hydrogen-bond donors (Lipinski definition) is 0. The lowest BCUT2D eigenvalue weighted by molar-refractivity contribution is 0.0594. The predicted octanol–water partition coefficient (Wildman–Crippen LogP) is 12.7. The van der Waals surface area contributed by atoms with E-state index in [1.165, 1.54) is 14.2 Å². The van der Waals surface area contributed by atoms with Crippen molar-refractivity contribution >= 4 is 99.0 Å². The van der Waals surface area contributed by atoms with Crippen LogP contribution < -0.4 is 9.47 Å². The number of allylic oxidation sites excluding steroid dienone is 2. The Morgan fingerprint density at radius 1 is 0.518 bits per heavy atom. The molecule has 7 rings (SSSR count). The van der Waals surface area contributed by atoms with E-state index in [1.807, 2.05) is 24.3 Å². The molecule has 8 heteroatoms. The second-order valence-corrected chi connectivity index (χ2v) is 15.1. The molecular weight excluding hydrogens is 832 g/mol. The first-order valence-corrected chi connectivity index (χ1v) is 19.9. The number of halogens is 2. The Labute approximate surface area is 343 Å². The van der Waals surface area contributed by atoms with Gasteiger partial charge in [0, 0.05) is 11.1 Å². The summed E-state index contributed by atoms with van der Waals surface area (Å²) in [7, 11) is 6.21. The van der Waals surface area contributed by atoms with Crippen LogP contribution in [0.25, 0.3) is 55.2 Å². The number of carbonyl (C=O) groups excluding carboxylic acids is 2. The minimum atomic E-state index is -0.341. The minimum Gasteiger partial charge on any atom is -0.495 e. The van der Waals surface area contributed by atoms with Crippen LogP contribution in [0.3, 0.4) is 0 Å². The van der Waals surface area contributed by atoms with E-state index in [0.29, 0.717) is 11.1 Å². The molecule has 0 aliphatic carbocycles. The maximum Gasteiger partial charge on any atom is 0.338 e. The van der Waals surface area contributed by atoms with Crippen LogP contribution in [-0.4, -0.2) is 40.4 Å². The summed E-state index contributed by atoms with van der Waals surface area (Å²) in [6.07, 6.45) is 11.6. The Morgan fingerprint density at radius 3 is 1.34 bits per heavy atom. The maximum absolute atomic E-state index is 12.4. The molecule has 282 valence electrons. The molecule has 6 nitrogen and oxygen atoms in total. The lowest BCUT2D eigenvalue weighted by Crippen LogP contribution is -2.03. The summed E-state index contributed by atoms with van der Waals surface area (Å²) in [6, 6.07) is 32.5. The summed E-state index contributed by atoms with van der Waals surface area (Å²) >= 11 is 7.72. The summed E-state index contributed by atoms with van der Waals surface area (Å²) in [5, 5.41) is 8.08. The molecule has 0 aliphatic rings. The van der Waals surface area contributed by atoms with E-state index in [1.54, 1.807) is 26.4 Å². The molecule has 0 unspecified atom stereocenters. The third-order valence-corrected chi connectivity index (χ3v) is 11.8. The number of benzene rings is 7. The molecule has 0 N–H and O–H groups in total. The average molecular weight is 873 g/mol. The second-order valence-electron chi connectivity index (χ2n) is 13.5. The third-order valence-electron chi connectivity index (χ3n) is 10.2. The molecule has 0 atom stereocenters. The average Bonchev–Trinajstić information content (AvgIpc) is 3.22. The fraction of sp³-hybridized carbons (Fsp3) is 0.167. The standard InChI is InChI=1S/C48H40Br2O6/c1-53-45-39(15-7-5-11-29-19-21-31-25-33-13-9-17-37(47(51)55-3)41(33)27-35(31)23-29)44(50)46(54-2)40(43(45)49)16-8-6-12-30-20-22-32-26-34-14-10-18-38(48(52)56-4)42(34)28-36(32)24-30/h5-6,9-14,17-28H,7-8,15-16H2,1-4H3/b11-5+,12-6+. The number of carbonyl (C=O) groups is 2. The lowest BCUT2D eigenvalue weighted by Gasteiger charge is -2.20. The first kappa shape index (κ1) is 38.8.